The van der Waals surface area contributed by atoms with Crippen molar-refractivity contribution in [2.45, 2.75) is 31.8 Å². The fourth-order valence-electron chi connectivity index (χ4n) is 4.56. The average molecular weight is 467 g/mol. The normalized spacial score (nSPS) is 18.0. The third-order valence-corrected chi connectivity index (χ3v) is 6.31. The lowest BCUT2D eigenvalue weighted by molar-refractivity contribution is -0.128. The van der Waals surface area contributed by atoms with Gasteiger partial charge in [0.15, 0.2) is 23.0 Å². The van der Waals surface area contributed by atoms with E-state index >= 15 is 0 Å². The number of benzene rings is 2. The summed E-state index contributed by atoms with van der Waals surface area (Å²) in [6, 6.07) is 8.02. The van der Waals surface area contributed by atoms with Crippen molar-refractivity contribution in [2.75, 3.05) is 32.9 Å². The number of hydrogen-bond acceptors (Lipinski definition) is 7. The number of carbonyl (C=O) groups is 3. The van der Waals surface area contributed by atoms with Crippen LogP contribution in [0, 0.1) is 0 Å². The molecule has 2 aromatic rings. The van der Waals surface area contributed by atoms with E-state index in [1.807, 2.05) is 12.1 Å². The number of nitrogens with zero attached hydrogens (tertiary/aromatic N) is 2. The van der Waals surface area contributed by atoms with E-state index in [1.165, 1.54) is 4.90 Å². The summed E-state index contributed by atoms with van der Waals surface area (Å²) in [5.41, 5.74) is 2.49. The lowest BCUT2D eigenvalue weighted by atomic mass is 9.94. The van der Waals surface area contributed by atoms with E-state index in [0.29, 0.717) is 48.1 Å². The van der Waals surface area contributed by atoms with Crippen LogP contribution in [-0.2, 0) is 22.6 Å². The summed E-state index contributed by atoms with van der Waals surface area (Å²) in [4.78, 5) is 41.2. The molecule has 3 heterocycles. The van der Waals surface area contributed by atoms with Crippen LogP contribution in [0.2, 0.25) is 0 Å². The molecule has 0 saturated carbocycles. The highest BCUT2D eigenvalue weighted by molar-refractivity contribution is 6.04. The Labute approximate surface area is 196 Å². The molecule has 1 saturated heterocycles. The number of rotatable bonds is 7. The number of imide groups is 1. The van der Waals surface area contributed by atoms with Gasteiger partial charge >= 0.3 is 6.03 Å². The van der Waals surface area contributed by atoms with Crippen LogP contribution < -0.4 is 24.3 Å². The number of hydrogen-bond donors (Lipinski definition) is 1. The predicted molar refractivity (Wildman–Crippen MR) is 120 cm³/mol. The molecule has 5 rings (SSSR count). The van der Waals surface area contributed by atoms with Crippen molar-refractivity contribution in [1.29, 1.82) is 0 Å². The summed E-state index contributed by atoms with van der Waals surface area (Å²) < 4.78 is 21.3. The standard InChI is InChI=1S/C24H25N3O7/c1-31-19-9-14-8-17-23(29)26(24(30)27(17)12-15(14)10-20(19)32-2)7-3-4-22(28)25-16-5-6-18-21(11-16)34-13-33-18/h5-6,9-11,17H,3-4,7-8,12-13H2,1-2H3,(H,25,28). The molecular formula is C24H25N3O7. The van der Waals surface area contributed by atoms with E-state index in [1.54, 1.807) is 37.3 Å². The molecule has 10 heteroatoms. The van der Waals surface area contributed by atoms with Gasteiger partial charge in [-0.05, 0) is 41.8 Å². The largest absolute Gasteiger partial charge is 0.493 e. The van der Waals surface area contributed by atoms with Crippen LogP contribution in [0.1, 0.15) is 24.0 Å². The van der Waals surface area contributed by atoms with Gasteiger partial charge < -0.3 is 29.2 Å². The number of methoxy groups -OCH3 is 2. The number of ether oxygens (including phenoxy) is 4. The van der Waals surface area contributed by atoms with E-state index in [9.17, 15) is 14.4 Å². The molecule has 0 bridgehead atoms. The average Bonchev–Trinajstić information content (AvgIpc) is 3.40. The molecule has 2 aromatic carbocycles. The molecule has 0 radical (unpaired) electrons. The molecule has 178 valence electrons. The summed E-state index contributed by atoms with van der Waals surface area (Å²) in [6.45, 7) is 0.670. The Morgan fingerprint density at radius 2 is 1.79 bits per heavy atom. The van der Waals surface area contributed by atoms with Gasteiger partial charge in [0, 0.05) is 37.7 Å². The minimum Gasteiger partial charge on any atom is -0.493 e. The summed E-state index contributed by atoms with van der Waals surface area (Å²) in [7, 11) is 3.12. The second-order valence-electron chi connectivity index (χ2n) is 8.32. The Hall–Kier alpha value is -3.95. The van der Waals surface area contributed by atoms with Crippen molar-refractivity contribution in [1.82, 2.24) is 9.80 Å². The van der Waals surface area contributed by atoms with Gasteiger partial charge in [-0.15, -0.1) is 0 Å². The molecule has 1 unspecified atom stereocenters. The molecule has 0 aliphatic carbocycles. The fourth-order valence-corrected chi connectivity index (χ4v) is 4.56. The first-order valence-electron chi connectivity index (χ1n) is 11.0. The molecule has 1 atom stereocenters. The first-order valence-corrected chi connectivity index (χ1v) is 11.0. The third kappa shape index (κ3) is 3.85. The number of nitrogens with one attached hydrogen (secondary N) is 1. The Morgan fingerprint density at radius 1 is 1.06 bits per heavy atom. The van der Waals surface area contributed by atoms with Crippen LogP contribution in [0.5, 0.6) is 23.0 Å². The maximum Gasteiger partial charge on any atom is 0.327 e. The van der Waals surface area contributed by atoms with Gasteiger partial charge in [-0.25, -0.2) is 4.79 Å². The van der Waals surface area contributed by atoms with Crippen molar-refractivity contribution in [3.05, 3.63) is 41.5 Å². The van der Waals surface area contributed by atoms with E-state index in [-0.39, 0.29) is 37.6 Å². The van der Waals surface area contributed by atoms with Gasteiger partial charge in [0.25, 0.3) is 5.91 Å². The zero-order chi connectivity index (χ0) is 23.8. The maximum atomic E-state index is 13.0. The highest BCUT2D eigenvalue weighted by Gasteiger charge is 2.47. The third-order valence-electron chi connectivity index (χ3n) is 6.31. The van der Waals surface area contributed by atoms with Crippen LogP contribution in [-0.4, -0.2) is 61.2 Å². The first-order chi connectivity index (χ1) is 16.5. The van der Waals surface area contributed by atoms with Crippen LogP contribution >= 0.6 is 0 Å². The van der Waals surface area contributed by atoms with E-state index in [2.05, 4.69) is 5.32 Å². The number of fused-ring (bicyclic) bond motifs is 3. The van der Waals surface area contributed by atoms with Crippen molar-refractivity contribution < 1.29 is 33.3 Å². The topological polar surface area (TPSA) is 107 Å². The quantitative estimate of drug-likeness (QED) is 0.624. The second-order valence-corrected chi connectivity index (χ2v) is 8.32. The van der Waals surface area contributed by atoms with Gasteiger partial charge in [-0.1, -0.05) is 0 Å². The van der Waals surface area contributed by atoms with Gasteiger partial charge in [0.2, 0.25) is 12.7 Å². The molecule has 3 aliphatic rings. The second kappa shape index (κ2) is 8.77. The first kappa shape index (κ1) is 21.9. The molecule has 0 aromatic heterocycles. The maximum absolute atomic E-state index is 13.0. The van der Waals surface area contributed by atoms with Crippen LogP contribution in [0.4, 0.5) is 10.5 Å². The highest BCUT2D eigenvalue weighted by Crippen LogP contribution is 2.37. The van der Waals surface area contributed by atoms with E-state index in [4.69, 9.17) is 18.9 Å². The van der Waals surface area contributed by atoms with Crippen molar-refractivity contribution in [3.8, 4) is 23.0 Å². The molecule has 34 heavy (non-hydrogen) atoms. The Balaban J connectivity index is 1.19. The molecule has 1 fully saturated rings. The number of amides is 4. The molecule has 0 spiro atoms. The van der Waals surface area contributed by atoms with Crippen molar-refractivity contribution in [3.63, 3.8) is 0 Å². The van der Waals surface area contributed by atoms with Crippen LogP contribution in [0.25, 0.3) is 0 Å². The van der Waals surface area contributed by atoms with Gasteiger partial charge in [-0.3, -0.25) is 14.5 Å². The molecule has 1 N–H and O–H groups in total. The number of carbonyl (C=O) groups excluding carboxylic acids is 3. The Morgan fingerprint density at radius 3 is 2.56 bits per heavy atom. The van der Waals surface area contributed by atoms with Crippen molar-refractivity contribution >= 4 is 23.5 Å². The highest BCUT2D eigenvalue weighted by atomic mass is 16.7. The van der Waals surface area contributed by atoms with Crippen LogP contribution in [0.15, 0.2) is 30.3 Å². The minimum absolute atomic E-state index is 0.162. The van der Waals surface area contributed by atoms with Crippen molar-refractivity contribution in [2.24, 2.45) is 0 Å². The van der Waals surface area contributed by atoms with Gasteiger partial charge in [0.1, 0.15) is 6.04 Å². The zero-order valence-electron chi connectivity index (χ0n) is 19.0. The fraction of sp³-hybridized carbons (Fsp3) is 0.375. The van der Waals surface area contributed by atoms with E-state index in [0.717, 1.165) is 11.1 Å². The lowest BCUT2D eigenvalue weighted by Crippen LogP contribution is -2.40. The summed E-state index contributed by atoms with van der Waals surface area (Å²) in [6.07, 6.45) is 0.954. The summed E-state index contributed by atoms with van der Waals surface area (Å²) in [5, 5.41) is 2.81. The summed E-state index contributed by atoms with van der Waals surface area (Å²) in [5.74, 6) is 1.96. The Kier molecular flexibility index (Phi) is 5.64. The predicted octanol–water partition coefficient (Wildman–Crippen LogP) is 2.54. The zero-order valence-corrected chi connectivity index (χ0v) is 19.0. The number of urea groups is 1. The monoisotopic (exact) mass is 467 g/mol. The Bertz CT molecular complexity index is 1110. The molecular weight excluding hydrogens is 442 g/mol. The van der Waals surface area contributed by atoms with Gasteiger partial charge in [0.05, 0.1) is 14.2 Å². The van der Waals surface area contributed by atoms with Crippen LogP contribution in [0.3, 0.4) is 0 Å². The van der Waals surface area contributed by atoms with E-state index < -0.39 is 6.04 Å². The molecule has 3 aliphatic heterocycles. The lowest BCUT2D eigenvalue weighted by Gasteiger charge is -2.29. The molecule has 4 amide bonds. The van der Waals surface area contributed by atoms with Gasteiger partial charge in [-0.2, -0.15) is 0 Å². The number of anilines is 1. The smallest absolute Gasteiger partial charge is 0.327 e. The summed E-state index contributed by atoms with van der Waals surface area (Å²) >= 11 is 0. The minimum atomic E-state index is -0.541. The SMILES string of the molecule is COc1cc2c(cc1OC)CN1C(=O)N(CCCC(=O)Nc3ccc4c(c3)OCO4)C(=O)C1C2. The molecule has 10 nitrogen and oxygen atoms in total.